The van der Waals surface area contributed by atoms with Crippen LogP contribution in [0.1, 0.15) is 97.2 Å². The lowest BCUT2D eigenvalue weighted by Gasteiger charge is -2.60. The Morgan fingerprint density at radius 1 is 0.893 bits per heavy atom. The lowest BCUT2D eigenvalue weighted by Crippen LogP contribution is -2.70. The Bertz CT molecular complexity index is 2770. The number of hydrogen-bond acceptors (Lipinski definition) is 13. The minimum absolute atomic E-state index is 0.00354. The first-order chi connectivity index (χ1) is 36.9. The summed E-state index contributed by atoms with van der Waals surface area (Å²) < 4.78 is 45.2. The molecular formula is C61H70N2O12. The number of aldehydes is 1. The van der Waals surface area contributed by atoms with Gasteiger partial charge in [-0.1, -0.05) is 103 Å². The number of ether oxygens (including phenoxy) is 7. The highest BCUT2D eigenvalue weighted by Gasteiger charge is 2.66. The summed E-state index contributed by atoms with van der Waals surface area (Å²) in [7, 11) is 1.52. The van der Waals surface area contributed by atoms with Crippen LogP contribution in [0.3, 0.4) is 0 Å². The third kappa shape index (κ3) is 12.3. The minimum Gasteiger partial charge on any atom is -0.496 e. The fourth-order valence-corrected chi connectivity index (χ4v) is 11.6. The Hall–Kier alpha value is -6.55. The molecule has 14 heteroatoms. The molecule has 9 rings (SSSR count). The largest absolute Gasteiger partial charge is 0.496 e. The minimum atomic E-state index is -1.56. The monoisotopic (exact) mass is 1020 g/mol. The molecule has 2 fully saturated rings. The first-order valence-corrected chi connectivity index (χ1v) is 26.6. The SMILES string of the molecule is C=CCOC12Oc3ccc(Oc4ccc(OC)c(C=O)c4)cc3C3C(CCCCO)C(CCCCO)C=C(C(=NOC4CCCCO4)CC1N(Cc1cccc4ccccc14)C(=O)OCCOCc1ccccc1)C32. The third-order valence-corrected chi connectivity index (χ3v) is 15.0. The number of allylic oxidation sites excluding steroid dienone is 1. The van der Waals surface area contributed by atoms with Crippen LogP contribution in [-0.2, 0) is 36.9 Å². The van der Waals surface area contributed by atoms with E-state index in [-0.39, 0.29) is 63.8 Å². The molecule has 4 aliphatic rings. The second-order valence-electron chi connectivity index (χ2n) is 19.7. The molecule has 1 saturated carbocycles. The summed E-state index contributed by atoms with van der Waals surface area (Å²) in [4.78, 5) is 35.6. The Kier molecular flexibility index (Phi) is 18.3. The van der Waals surface area contributed by atoms with E-state index in [4.69, 9.17) is 43.2 Å². The molecule has 5 aromatic carbocycles. The van der Waals surface area contributed by atoms with Crippen LogP contribution in [-0.4, -0.2) is 98.1 Å². The van der Waals surface area contributed by atoms with Gasteiger partial charge in [0.2, 0.25) is 12.1 Å². The van der Waals surface area contributed by atoms with Gasteiger partial charge in [-0.25, -0.2) is 4.79 Å². The van der Waals surface area contributed by atoms with E-state index in [0.717, 1.165) is 77.8 Å². The molecule has 7 unspecified atom stereocenters. The number of carbonyl (C=O) groups is 2. The molecule has 1 saturated heterocycles. The number of unbranched alkanes of at least 4 members (excludes halogenated alkanes) is 2. The highest BCUT2D eigenvalue weighted by Crippen LogP contribution is 2.62. The van der Waals surface area contributed by atoms with Gasteiger partial charge in [-0.2, -0.15) is 0 Å². The third-order valence-electron chi connectivity index (χ3n) is 15.0. The van der Waals surface area contributed by atoms with Crippen molar-refractivity contribution in [2.45, 2.75) is 101 Å². The summed E-state index contributed by atoms with van der Waals surface area (Å²) in [6, 6.07) is 34.1. The highest BCUT2D eigenvalue weighted by atomic mass is 16.8. The van der Waals surface area contributed by atoms with Crippen molar-refractivity contribution in [3.63, 3.8) is 0 Å². The van der Waals surface area contributed by atoms with Gasteiger partial charge in [-0.05, 0) is 114 Å². The van der Waals surface area contributed by atoms with E-state index in [0.29, 0.717) is 66.7 Å². The van der Waals surface area contributed by atoms with E-state index >= 15 is 4.79 Å². The van der Waals surface area contributed by atoms with E-state index in [2.05, 4.69) is 30.9 Å². The number of methoxy groups -OCH3 is 1. The predicted molar refractivity (Wildman–Crippen MR) is 285 cm³/mol. The molecule has 396 valence electrons. The fourth-order valence-electron chi connectivity index (χ4n) is 11.6. The molecule has 2 aliphatic heterocycles. The molecule has 5 aromatic rings. The van der Waals surface area contributed by atoms with E-state index in [9.17, 15) is 15.0 Å². The molecule has 1 amide bonds. The first-order valence-electron chi connectivity index (χ1n) is 26.6. The molecule has 75 heavy (non-hydrogen) atoms. The summed E-state index contributed by atoms with van der Waals surface area (Å²) >= 11 is 0. The lowest BCUT2D eigenvalue weighted by atomic mass is 9.55. The smallest absolute Gasteiger partial charge is 0.410 e. The van der Waals surface area contributed by atoms with Gasteiger partial charge in [0.25, 0.3) is 0 Å². The van der Waals surface area contributed by atoms with Gasteiger partial charge in [-0.15, -0.1) is 6.58 Å². The lowest BCUT2D eigenvalue weighted by molar-refractivity contribution is -0.256. The number of benzene rings is 5. The van der Waals surface area contributed by atoms with Crippen LogP contribution in [0.5, 0.6) is 23.0 Å². The van der Waals surface area contributed by atoms with E-state index < -0.39 is 30.1 Å². The summed E-state index contributed by atoms with van der Waals surface area (Å²) in [6.45, 7) is 5.52. The van der Waals surface area contributed by atoms with Crippen molar-refractivity contribution in [3.8, 4) is 23.0 Å². The van der Waals surface area contributed by atoms with Crippen molar-refractivity contribution in [2.24, 2.45) is 22.9 Å². The standard InChI is InChI=1S/C61H70N2O12/c1-3-31-72-61-56(63(39-45-21-15-20-43-18-7-8-22-49(43)45)60(67)71-34-33-69-41-42-16-5-4-6-17-42)38-53(62-75-57-24-11-14-32-70-57)51-36-44(19-9-12-29-64)50(23-10-13-30-65)58(59(51)61)52-37-48(26-28-55(52)74-61)73-47-25-27-54(68-2)46(35-47)40-66/h3-8,15-18,20-22,25-28,35-37,40,44,50,56-59,64-65H,1,9-14,19,23-24,29-34,38-39,41H2,2H3. The molecule has 0 radical (unpaired) electrons. The zero-order valence-electron chi connectivity index (χ0n) is 42.9. The fraction of sp³-hybridized carbons (Fsp3) is 0.426. The van der Waals surface area contributed by atoms with Crippen LogP contribution < -0.4 is 14.2 Å². The summed E-state index contributed by atoms with van der Waals surface area (Å²) in [5.74, 6) is -0.567. The van der Waals surface area contributed by atoms with Crippen molar-refractivity contribution < 1.29 is 57.8 Å². The molecule has 14 nitrogen and oxygen atoms in total. The van der Waals surface area contributed by atoms with E-state index in [1.54, 1.807) is 29.2 Å². The van der Waals surface area contributed by atoms with Crippen molar-refractivity contribution in [3.05, 3.63) is 156 Å². The van der Waals surface area contributed by atoms with Crippen LogP contribution in [0.2, 0.25) is 0 Å². The van der Waals surface area contributed by atoms with Gasteiger partial charge in [0, 0.05) is 37.5 Å². The number of nitrogens with zero attached hydrogens (tertiary/aromatic N) is 2. The van der Waals surface area contributed by atoms with Crippen LogP contribution >= 0.6 is 0 Å². The molecule has 0 bridgehead atoms. The Balaban J connectivity index is 1.21. The molecule has 2 N–H and O–H groups in total. The topological polar surface area (TPSA) is 164 Å². The number of aliphatic hydroxyl groups excluding tert-OH is 2. The number of amides is 1. The molecule has 2 aliphatic carbocycles. The summed E-state index contributed by atoms with van der Waals surface area (Å²) in [5.41, 5.74) is 4.67. The molecule has 0 aromatic heterocycles. The average molecular weight is 1020 g/mol. The second kappa shape index (κ2) is 25.8. The van der Waals surface area contributed by atoms with E-state index in [1.807, 2.05) is 72.8 Å². The molecule has 2 heterocycles. The number of oxime groups is 1. The number of hydrogen-bond donors (Lipinski definition) is 2. The van der Waals surface area contributed by atoms with Gasteiger partial charge in [0.1, 0.15) is 35.6 Å². The van der Waals surface area contributed by atoms with Crippen molar-refractivity contribution >= 4 is 28.9 Å². The highest BCUT2D eigenvalue weighted by molar-refractivity contribution is 6.03. The quantitative estimate of drug-likeness (QED) is 0.0246. The molecular weight excluding hydrogens is 953 g/mol. The van der Waals surface area contributed by atoms with E-state index in [1.165, 1.54) is 7.11 Å². The Labute approximate surface area is 439 Å². The summed E-state index contributed by atoms with van der Waals surface area (Å²) in [6.07, 6.45) is 10.6. The maximum absolute atomic E-state index is 15.4. The van der Waals surface area contributed by atoms with Crippen molar-refractivity contribution in [1.29, 1.82) is 0 Å². The number of aliphatic hydroxyl groups is 2. The van der Waals surface area contributed by atoms with Crippen molar-refractivity contribution in [1.82, 2.24) is 4.90 Å². The average Bonchev–Trinajstić information content (AvgIpc) is 3.45. The maximum atomic E-state index is 15.4. The van der Waals surface area contributed by atoms with Gasteiger partial charge < -0.3 is 48.2 Å². The zero-order valence-corrected chi connectivity index (χ0v) is 42.9. The number of carbonyl (C=O) groups excluding carboxylic acids is 2. The zero-order chi connectivity index (χ0) is 52.0. The normalized spacial score (nSPS) is 23.2. The Morgan fingerprint density at radius 2 is 1.68 bits per heavy atom. The van der Waals surface area contributed by atoms with Crippen LogP contribution in [0.4, 0.5) is 4.79 Å². The number of rotatable bonds is 25. The molecule has 0 spiro atoms. The van der Waals surface area contributed by atoms with Gasteiger partial charge in [0.15, 0.2) is 6.29 Å². The van der Waals surface area contributed by atoms with Gasteiger partial charge in [-0.3, -0.25) is 9.69 Å². The Morgan fingerprint density at radius 3 is 2.47 bits per heavy atom. The summed E-state index contributed by atoms with van der Waals surface area (Å²) in [5, 5.41) is 27.3. The van der Waals surface area contributed by atoms with Crippen LogP contribution in [0.15, 0.2) is 139 Å². The molecule has 7 atom stereocenters. The van der Waals surface area contributed by atoms with Crippen LogP contribution in [0, 0.1) is 17.8 Å². The second-order valence-corrected chi connectivity index (χ2v) is 19.7. The maximum Gasteiger partial charge on any atom is 0.410 e. The van der Waals surface area contributed by atoms with Gasteiger partial charge >= 0.3 is 6.09 Å². The first kappa shape index (κ1) is 53.3. The van der Waals surface area contributed by atoms with Crippen LogP contribution in [0.25, 0.3) is 10.8 Å². The van der Waals surface area contributed by atoms with Crippen molar-refractivity contribution in [2.75, 3.05) is 46.8 Å². The number of fused-ring (bicyclic) bond motifs is 3. The predicted octanol–water partition coefficient (Wildman–Crippen LogP) is 11.5. The van der Waals surface area contributed by atoms with Gasteiger partial charge in [0.05, 0.1) is 57.3 Å².